The van der Waals surface area contributed by atoms with Crippen molar-refractivity contribution in [3.05, 3.63) is 36.0 Å². The van der Waals surface area contributed by atoms with Crippen LogP contribution in [0.1, 0.15) is 78.6 Å². The van der Waals surface area contributed by atoms with E-state index in [9.17, 15) is 24.3 Å². The first-order chi connectivity index (χ1) is 15.6. The maximum atomic E-state index is 12.5. The number of carbonyl (C=O) groups excluding carboxylic acids is 3. The minimum Gasteiger partial charge on any atom is -0.478 e. The molecular weight excluding hydrogens is 422 g/mol. The van der Waals surface area contributed by atoms with Crippen LogP contribution in [0.2, 0.25) is 0 Å². The number of aliphatic hydroxyl groups is 1. The van der Waals surface area contributed by atoms with Gasteiger partial charge in [0, 0.05) is 31.3 Å². The predicted octanol–water partition coefficient (Wildman–Crippen LogP) is 4.12. The van der Waals surface area contributed by atoms with E-state index >= 15 is 0 Å². The van der Waals surface area contributed by atoms with Gasteiger partial charge in [-0.1, -0.05) is 38.2 Å². The molecule has 1 heterocycles. The van der Waals surface area contributed by atoms with Gasteiger partial charge in [0.05, 0.1) is 6.10 Å². The molecular formula is C26H39NO6. The van der Waals surface area contributed by atoms with Gasteiger partial charge in [0.1, 0.15) is 5.78 Å². The van der Waals surface area contributed by atoms with Gasteiger partial charge >= 0.3 is 5.97 Å². The van der Waals surface area contributed by atoms with Crippen LogP contribution in [0.15, 0.2) is 36.0 Å². The maximum absolute atomic E-state index is 12.5. The molecule has 3 N–H and O–H groups in total. The number of Topliss-reactive ketones (excluding diaryl/α,β-unsaturated/α-hetero) is 1. The minimum atomic E-state index is -0.930. The molecule has 0 unspecified atom stereocenters. The van der Waals surface area contributed by atoms with Crippen LogP contribution in [0.5, 0.6) is 0 Å². The molecule has 1 aliphatic heterocycles. The molecule has 1 aliphatic rings. The third-order valence-corrected chi connectivity index (χ3v) is 5.97. The number of nitrogens with one attached hydrogen (secondary N) is 1. The van der Waals surface area contributed by atoms with Crippen LogP contribution >= 0.6 is 0 Å². The lowest BCUT2D eigenvalue weighted by molar-refractivity contribution is -0.135. The number of carboxylic acid groups (broad SMARTS) is 1. The number of piperidine rings is 1. The van der Waals surface area contributed by atoms with Gasteiger partial charge in [-0.25, -0.2) is 4.79 Å². The minimum absolute atomic E-state index is 0.00276. The fraction of sp³-hybridized carbons (Fsp3) is 0.615. The Morgan fingerprint density at radius 2 is 1.67 bits per heavy atom. The van der Waals surface area contributed by atoms with E-state index in [-0.39, 0.29) is 29.4 Å². The Hall–Kier alpha value is -2.54. The summed E-state index contributed by atoms with van der Waals surface area (Å²) in [5, 5.41) is 21.4. The molecule has 0 aromatic carbocycles. The molecule has 0 aromatic rings. The van der Waals surface area contributed by atoms with Crippen LogP contribution in [0.25, 0.3) is 0 Å². The van der Waals surface area contributed by atoms with Crippen LogP contribution in [-0.4, -0.2) is 39.9 Å². The summed E-state index contributed by atoms with van der Waals surface area (Å²) in [5.74, 6) is -1.67. The van der Waals surface area contributed by atoms with Gasteiger partial charge in [-0.05, 0) is 62.9 Å². The van der Waals surface area contributed by atoms with Crippen molar-refractivity contribution in [3.8, 4) is 0 Å². The van der Waals surface area contributed by atoms with Crippen LogP contribution in [0.3, 0.4) is 0 Å². The molecule has 0 radical (unpaired) electrons. The summed E-state index contributed by atoms with van der Waals surface area (Å²) in [5.41, 5.74) is 0.792. The van der Waals surface area contributed by atoms with Gasteiger partial charge in [0.25, 0.3) is 0 Å². The number of hydrogen-bond acceptors (Lipinski definition) is 5. The first kappa shape index (κ1) is 28.5. The van der Waals surface area contributed by atoms with Crippen molar-refractivity contribution < 1.29 is 29.4 Å². The number of aliphatic hydroxyl groups excluding tert-OH is 1. The van der Waals surface area contributed by atoms with Crippen molar-refractivity contribution in [1.82, 2.24) is 5.32 Å². The highest BCUT2D eigenvalue weighted by Gasteiger charge is 2.26. The standard InChI is InChI=1S/C26H39NO6/c1-18(11-8-6-4-5-7-9-14-25(31)32)15-19(2)26(33)20(3)22(28)13-10-12-21-16-23(29)27-24(30)17-21/h4,6,9,14-15,18,20-21,26,33H,5,7-8,10-13,16-17H2,1-3H3,(H,31,32)(H,27,29,30)/b6-4+,14-9+,19-15+/t18-,20+,26+/m0/s1. The summed E-state index contributed by atoms with van der Waals surface area (Å²) < 4.78 is 0. The Bertz CT molecular complexity index is 751. The van der Waals surface area contributed by atoms with E-state index in [2.05, 4.69) is 18.3 Å². The van der Waals surface area contributed by atoms with Crippen molar-refractivity contribution >= 4 is 23.6 Å². The number of ketones is 1. The molecule has 33 heavy (non-hydrogen) atoms. The Morgan fingerprint density at radius 1 is 1.06 bits per heavy atom. The lowest BCUT2D eigenvalue weighted by atomic mass is 9.87. The molecule has 7 heteroatoms. The van der Waals surface area contributed by atoms with Gasteiger partial charge in [0.15, 0.2) is 0 Å². The number of carbonyl (C=O) groups is 4. The second-order valence-corrected chi connectivity index (χ2v) is 9.09. The third kappa shape index (κ3) is 12.3. The zero-order valence-corrected chi connectivity index (χ0v) is 20.1. The SMILES string of the molecule is C/C(=C\[C@@H](C)CC/C=C/CC/C=C/C(=O)O)[C@@H](O)[C@H](C)C(=O)CCCC1CC(=O)NC(=O)C1. The Balaban J connectivity index is 2.34. The van der Waals surface area contributed by atoms with E-state index in [1.165, 1.54) is 0 Å². The van der Waals surface area contributed by atoms with E-state index in [0.717, 1.165) is 30.9 Å². The molecule has 2 amide bonds. The predicted molar refractivity (Wildman–Crippen MR) is 127 cm³/mol. The number of carboxylic acids is 1. The summed E-state index contributed by atoms with van der Waals surface area (Å²) in [6.07, 6.45) is 13.7. The Labute approximate surface area is 197 Å². The van der Waals surface area contributed by atoms with Gasteiger partial charge in [-0.3, -0.25) is 19.7 Å². The summed E-state index contributed by atoms with van der Waals surface area (Å²) in [4.78, 5) is 45.8. The number of rotatable bonds is 15. The van der Waals surface area contributed by atoms with Crippen molar-refractivity contribution in [2.75, 3.05) is 0 Å². The molecule has 0 spiro atoms. The normalized spacial score (nSPS) is 18.5. The smallest absolute Gasteiger partial charge is 0.327 e. The third-order valence-electron chi connectivity index (χ3n) is 5.97. The molecule has 3 atom stereocenters. The number of amides is 2. The second-order valence-electron chi connectivity index (χ2n) is 9.09. The molecule has 1 fully saturated rings. The summed E-state index contributed by atoms with van der Waals surface area (Å²) >= 11 is 0. The zero-order valence-electron chi connectivity index (χ0n) is 20.1. The first-order valence-electron chi connectivity index (χ1n) is 11.9. The lowest BCUT2D eigenvalue weighted by Gasteiger charge is -2.22. The first-order valence-corrected chi connectivity index (χ1v) is 11.9. The second kappa shape index (κ2) is 15.3. The number of allylic oxidation sites excluding steroid dienone is 4. The number of aliphatic carboxylic acids is 1. The van der Waals surface area contributed by atoms with Gasteiger partial charge in [-0.2, -0.15) is 0 Å². The average Bonchev–Trinajstić information content (AvgIpc) is 2.73. The highest BCUT2D eigenvalue weighted by molar-refractivity contribution is 5.97. The van der Waals surface area contributed by atoms with Gasteiger partial charge < -0.3 is 10.2 Å². The van der Waals surface area contributed by atoms with E-state index in [4.69, 9.17) is 5.11 Å². The largest absolute Gasteiger partial charge is 0.478 e. The highest BCUT2D eigenvalue weighted by atomic mass is 16.4. The highest BCUT2D eigenvalue weighted by Crippen LogP contribution is 2.23. The monoisotopic (exact) mass is 461 g/mol. The van der Waals surface area contributed by atoms with Crippen LogP contribution in [0, 0.1) is 17.8 Å². The topological polar surface area (TPSA) is 121 Å². The number of hydrogen-bond donors (Lipinski definition) is 3. The Morgan fingerprint density at radius 3 is 2.30 bits per heavy atom. The van der Waals surface area contributed by atoms with Crippen molar-refractivity contribution in [3.63, 3.8) is 0 Å². The van der Waals surface area contributed by atoms with Crippen molar-refractivity contribution in [1.29, 1.82) is 0 Å². The number of unbranched alkanes of at least 4 members (excludes halogenated alkanes) is 1. The van der Waals surface area contributed by atoms with Crippen molar-refractivity contribution in [2.45, 2.75) is 84.7 Å². The lowest BCUT2D eigenvalue weighted by Crippen LogP contribution is -2.38. The fourth-order valence-electron chi connectivity index (χ4n) is 4.02. The quantitative estimate of drug-likeness (QED) is 0.146. The van der Waals surface area contributed by atoms with E-state index in [1.54, 1.807) is 13.0 Å². The summed E-state index contributed by atoms with van der Waals surface area (Å²) in [7, 11) is 0. The summed E-state index contributed by atoms with van der Waals surface area (Å²) in [6, 6.07) is 0. The van der Waals surface area contributed by atoms with E-state index in [0.29, 0.717) is 38.5 Å². The average molecular weight is 462 g/mol. The zero-order chi connectivity index (χ0) is 24.8. The summed E-state index contributed by atoms with van der Waals surface area (Å²) in [6.45, 7) is 5.67. The van der Waals surface area contributed by atoms with Crippen LogP contribution in [-0.2, 0) is 19.2 Å². The molecule has 0 bridgehead atoms. The maximum Gasteiger partial charge on any atom is 0.327 e. The fourth-order valence-corrected chi connectivity index (χ4v) is 4.02. The molecule has 1 rings (SSSR count). The van der Waals surface area contributed by atoms with Gasteiger partial charge in [-0.15, -0.1) is 0 Å². The molecule has 1 saturated heterocycles. The van der Waals surface area contributed by atoms with Gasteiger partial charge in [0.2, 0.25) is 11.8 Å². The van der Waals surface area contributed by atoms with E-state index in [1.807, 2.05) is 19.1 Å². The van der Waals surface area contributed by atoms with Crippen molar-refractivity contribution in [2.24, 2.45) is 17.8 Å². The Kier molecular flexibility index (Phi) is 13.2. The number of imide groups is 1. The molecule has 0 aromatic heterocycles. The van der Waals surface area contributed by atoms with Crippen LogP contribution in [0.4, 0.5) is 0 Å². The molecule has 184 valence electrons. The van der Waals surface area contributed by atoms with E-state index < -0.39 is 18.0 Å². The molecule has 7 nitrogen and oxygen atoms in total. The molecule has 0 saturated carbocycles. The van der Waals surface area contributed by atoms with Crippen LogP contribution < -0.4 is 5.32 Å². The molecule has 0 aliphatic carbocycles.